The fraction of sp³-hybridized carbons (Fsp3) is 0. The number of hydrogen-bond donors (Lipinski definition) is 0. The van der Waals surface area contributed by atoms with E-state index >= 15 is 0 Å². The molecule has 0 fully saturated rings. The van der Waals surface area contributed by atoms with Gasteiger partial charge in [-0.15, -0.1) is 0 Å². The molecule has 174 valence electrons. The predicted molar refractivity (Wildman–Crippen MR) is 154 cm³/mol. The van der Waals surface area contributed by atoms with Gasteiger partial charge in [0.15, 0.2) is 0 Å². The Balaban J connectivity index is 1.53. The largest absolute Gasteiger partial charge is 0.455 e. The summed E-state index contributed by atoms with van der Waals surface area (Å²) in [6.45, 7) is 0. The average molecular weight is 474 g/mol. The third kappa shape index (κ3) is 3.62. The summed E-state index contributed by atoms with van der Waals surface area (Å²) in [6, 6.07) is 44.3. The summed E-state index contributed by atoms with van der Waals surface area (Å²) in [7, 11) is 0. The highest BCUT2D eigenvalue weighted by Gasteiger charge is 2.19. The van der Waals surface area contributed by atoms with Crippen LogP contribution in [0.2, 0.25) is 0 Å². The first kappa shape index (κ1) is 21.3. The van der Waals surface area contributed by atoms with Crippen LogP contribution in [-0.4, -0.2) is 4.98 Å². The molecular weight excluding hydrogens is 450 g/mol. The number of ether oxygens (including phenoxy) is 1. The SMILES string of the molecule is c1ccc(-c2ccccc2Oc2c3ccccc3c(-c3cccc4ccccc34)c3cnccc23)cc1. The van der Waals surface area contributed by atoms with Crippen LogP contribution in [0.3, 0.4) is 0 Å². The van der Waals surface area contributed by atoms with E-state index < -0.39 is 0 Å². The number of pyridine rings is 1. The highest BCUT2D eigenvalue weighted by molar-refractivity contribution is 6.19. The van der Waals surface area contributed by atoms with Crippen molar-refractivity contribution in [3.05, 3.63) is 140 Å². The maximum absolute atomic E-state index is 6.84. The Morgan fingerprint density at radius 2 is 1.11 bits per heavy atom. The van der Waals surface area contributed by atoms with Gasteiger partial charge in [0.25, 0.3) is 0 Å². The molecule has 0 bridgehead atoms. The molecule has 0 unspecified atom stereocenters. The van der Waals surface area contributed by atoms with E-state index in [-0.39, 0.29) is 0 Å². The van der Waals surface area contributed by atoms with Crippen LogP contribution in [0.25, 0.3) is 54.6 Å². The van der Waals surface area contributed by atoms with Crippen LogP contribution < -0.4 is 4.74 Å². The zero-order valence-electron chi connectivity index (χ0n) is 20.1. The Kier molecular flexibility index (Phi) is 5.15. The van der Waals surface area contributed by atoms with Crippen molar-refractivity contribution >= 4 is 32.3 Å². The highest BCUT2D eigenvalue weighted by atomic mass is 16.5. The first-order chi connectivity index (χ1) is 18.4. The Morgan fingerprint density at radius 3 is 2.00 bits per heavy atom. The van der Waals surface area contributed by atoms with Crippen LogP contribution in [0, 0.1) is 0 Å². The van der Waals surface area contributed by atoms with Gasteiger partial charge in [-0.2, -0.15) is 0 Å². The van der Waals surface area contributed by atoms with E-state index in [9.17, 15) is 0 Å². The topological polar surface area (TPSA) is 22.1 Å². The Bertz CT molecular complexity index is 1840. The van der Waals surface area contributed by atoms with Gasteiger partial charge in [-0.1, -0.05) is 115 Å². The number of hydrogen-bond acceptors (Lipinski definition) is 2. The molecule has 0 saturated carbocycles. The van der Waals surface area contributed by atoms with Gasteiger partial charge >= 0.3 is 0 Å². The summed E-state index contributed by atoms with van der Waals surface area (Å²) in [6.07, 6.45) is 3.81. The standard InChI is InChI=1S/C35H23NO/c1-2-11-25(12-3-1)27-16-8-9-20-33(27)37-35-30-18-7-6-17-29(30)34(32-23-36-22-21-31(32)35)28-19-10-14-24-13-4-5-15-26(24)28/h1-23H. The fourth-order valence-corrected chi connectivity index (χ4v) is 5.35. The van der Waals surface area contributed by atoms with Gasteiger partial charge < -0.3 is 4.74 Å². The molecule has 0 radical (unpaired) electrons. The molecule has 0 N–H and O–H groups in total. The first-order valence-electron chi connectivity index (χ1n) is 12.5. The first-order valence-corrected chi connectivity index (χ1v) is 12.5. The van der Waals surface area contributed by atoms with E-state index in [4.69, 9.17) is 4.74 Å². The maximum atomic E-state index is 6.84. The van der Waals surface area contributed by atoms with Crippen molar-refractivity contribution in [2.75, 3.05) is 0 Å². The second-order valence-corrected chi connectivity index (χ2v) is 9.16. The molecule has 6 aromatic carbocycles. The number of para-hydroxylation sites is 1. The summed E-state index contributed by atoms with van der Waals surface area (Å²) in [5, 5.41) is 6.78. The molecule has 0 aliphatic carbocycles. The molecule has 7 aromatic rings. The summed E-state index contributed by atoms with van der Waals surface area (Å²) >= 11 is 0. The lowest BCUT2D eigenvalue weighted by Gasteiger charge is -2.19. The minimum atomic E-state index is 0.829. The minimum absolute atomic E-state index is 0.829. The molecule has 0 aliphatic rings. The summed E-state index contributed by atoms with van der Waals surface area (Å²) < 4.78 is 6.84. The van der Waals surface area contributed by atoms with Gasteiger partial charge in [-0.3, -0.25) is 4.98 Å². The van der Waals surface area contributed by atoms with Crippen molar-refractivity contribution in [1.82, 2.24) is 4.98 Å². The van der Waals surface area contributed by atoms with Gasteiger partial charge in [0.1, 0.15) is 11.5 Å². The lowest BCUT2D eigenvalue weighted by atomic mass is 9.89. The molecule has 37 heavy (non-hydrogen) atoms. The van der Waals surface area contributed by atoms with Crippen molar-refractivity contribution < 1.29 is 4.74 Å². The van der Waals surface area contributed by atoms with Gasteiger partial charge in [0.2, 0.25) is 0 Å². The average Bonchev–Trinajstić information content (AvgIpc) is 2.98. The quantitative estimate of drug-likeness (QED) is 0.237. The third-order valence-corrected chi connectivity index (χ3v) is 7.02. The highest BCUT2D eigenvalue weighted by Crippen LogP contribution is 2.46. The second-order valence-electron chi connectivity index (χ2n) is 9.16. The number of rotatable bonds is 4. The molecule has 2 nitrogen and oxygen atoms in total. The molecular formula is C35H23NO. The van der Waals surface area contributed by atoms with Crippen LogP contribution >= 0.6 is 0 Å². The third-order valence-electron chi connectivity index (χ3n) is 7.02. The minimum Gasteiger partial charge on any atom is -0.455 e. The Labute approximate surface area is 215 Å². The molecule has 0 amide bonds. The summed E-state index contributed by atoms with van der Waals surface area (Å²) in [5.41, 5.74) is 4.57. The number of benzene rings is 6. The van der Waals surface area contributed by atoms with E-state index in [0.29, 0.717) is 0 Å². The predicted octanol–water partition coefficient (Wildman–Crippen LogP) is 9.67. The molecule has 1 aromatic heterocycles. The van der Waals surface area contributed by atoms with E-state index in [1.165, 1.54) is 21.9 Å². The number of nitrogens with zero attached hydrogens (tertiary/aromatic N) is 1. The molecule has 0 saturated heterocycles. The van der Waals surface area contributed by atoms with E-state index in [1.54, 1.807) is 0 Å². The Morgan fingerprint density at radius 1 is 0.459 bits per heavy atom. The maximum Gasteiger partial charge on any atom is 0.143 e. The number of aromatic nitrogens is 1. The van der Waals surface area contributed by atoms with Gasteiger partial charge in [0, 0.05) is 34.1 Å². The van der Waals surface area contributed by atoms with Gasteiger partial charge in [0.05, 0.1) is 0 Å². The normalized spacial score (nSPS) is 11.2. The molecule has 2 heteroatoms. The molecule has 0 aliphatic heterocycles. The summed E-state index contributed by atoms with van der Waals surface area (Å²) in [5.74, 6) is 1.68. The smallest absolute Gasteiger partial charge is 0.143 e. The van der Waals surface area contributed by atoms with Crippen LogP contribution in [0.15, 0.2) is 140 Å². The monoisotopic (exact) mass is 473 g/mol. The van der Waals surface area contributed by atoms with Crippen LogP contribution in [-0.2, 0) is 0 Å². The molecule has 0 spiro atoms. The second kappa shape index (κ2) is 8.92. The summed E-state index contributed by atoms with van der Waals surface area (Å²) in [4.78, 5) is 4.54. The van der Waals surface area contributed by atoms with Crippen LogP contribution in [0.1, 0.15) is 0 Å². The van der Waals surface area contributed by atoms with Crippen LogP contribution in [0.5, 0.6) is 11.5 Å². The van der Waals surface area contributed by atoms with Gasteiger partial charge in [-0.25, -0.2) is 0 Å². The van der Waals surface area contributed by atoms with Crippen molar-refractivity contribution in [2.45, 2.75) is 0 Å². The molecule has 7 rings (SSSR count). The van der Waals surface area contributed by atoms with Gasteiger partial charge in [-0.05, 0) is 45.0 Å². The van der Waals surface area contributed by atoms with E-state index in [1.807, 2.05) is 30.6 Å². The number of fused-ring (bicyclic) bond motifs is 3. The van der Waals surface area contributed by atoms with Crippen molar-refractivity contribution in [3.8, 4) is 33.8 Å². The lowest BCUT2D eigenvalue weighted by molar-refractivity contribution is 0.495. The van der Waals surface area contributed by atoms with Crippen LogP contribution in [0.4, 0.5) is 0 Å². The van der Waals surface area contributed by atoms with Crippen molar-refractivity contribution in [2.24, 2.45) is 0 Å². The molecule has 1 heterocycles. The fourth-order valence-electron chi connectivity index (χ4n) is 5.35. The zero-order chi connectivity index (χ0) is 24.6. The molecule has 0 atom stereocenters. The van der Waals surface area contributed by atoms with Crippen molar-refractivity contribution in [3.63, 3.8) is 0 Å². The lowest BCUT2D eigenvalue weighted by Crippen LogP contribution is -1.94. The van der Waals surface area contributed by atoms with E-state index in [2.05, 4.69) is 114 Å². The Hall–Kier alpha value is -4.95. The zero-order valence-corrected chi connectivity index (χ0v) is 20.1. The van der Waals surface area contributed by atoms with Crippen molar-refractivity contribution in [1.29, 1.82) is 0 Å². The van der Waals surface area contributed by atoms with E-state index in [0.717, 1.165) is 44.2 Å².